The number of methoxy groups -OCH3 is 1. The Morgan fingerprint density at radius 2 is 1.68 bits per heavy atom. The largest absolute Gasteiger partial charge is 0.497 e. The molecule has 2 amide bonds. The fraction of sp³-hybridized carbons (Fsp3) is 0.364. The Labute approximate surface area is 166 Å². The number of nitrogens with zero attached hydrogens (tertiary/aromatic N) is 1. The van der Waals surface area contributed by atoms with Crippen molar-refractivity contribution in [3.8, 4) is 5.75 Å². The molecule has 6 heteroatoms. The van der Waals surface area contributed by atoms with Crippen molar-refractivity contribution in [3.05, 3.63) is 53.6 Å². The quantitative estimate of drug-likeness (QED) is 0.730. The first kappa shape index (κ1) is 21.4. The van der Waals surface area contributed by atoms with Crippen LogP contribution in [0.25, 0.3) is 0 Å². The van der Waals surface area contributed by atoms with E-state index in [-0.39, 0.29) is 24.9 Å². The van der Waals surface area contributed by atoms with Gasteiger partial charge in [-0.15, -0.1) is 0 Å². The topological polar surface area (TPSA) is 70.7 Å². The summed E-state index contributed by atoms with van der Waals surface area (Å²) in [5.74, 6) is 0.640. The average Bonchev–Trinajstić information content (AvgIpc) is 2.62. The molecular formula is C22H29N3O3. The van der Waals surface area contributed by atoms with E-state index in [9.17, 15) is 9.59 Å². The Morgan fingerprint density at radius 3 is 2.32 bits per heavy atom. The Kier molecular flexibility index (Phi) is 7.58. The molecular weight excluding hydrogens is 354 g/mol. The van der Waals surface area contributed by atoms with Crippen LogP contribution in [0, 0.1) is 6.92 Å². The van der Waals surface area contributed by atoms with Gasteiger partial charge in [0, 0.05) is 17.4 Å². The molecule has 0 unspecified atom stereocenters. The number of carbonyl (C=O) groups excluding carboxylic acids is 2. The second-order valence-corrected chi connectivity index (χ2v) is 7.19. The van der Waals surface area contributed by atoms with E-state index in [0.717, 1.165) is 16.8 Å². The van der Waals surface area contributed by atoms with E-state index in [0.29, 0.717) is 17.4 Å². The van der Waals surface area contributed by atoms with Crippen LogP contribution >= 0.6 is 0 Å². The van der Waals surface area contributed by atoms with Crippen molar-refractivity contribution in [2.24, 2.45) is 0 Å². The van der Waals surface area contributed by atoms with E-state index in [1.807, 2.05) is 31.2 Å². The number of para-hydroxylation sites is 1. The molecule has 0 heterocycles. The van der Waals surface area contributed by atoms with Gasteiger partial charge >= 0.3 is 0 Å². The van der Waals surface area contributed by atoms with Crippen molar-refractivity contribution in [2.45, 2.75) is 26.7 Å². The van der Waals surface area contributed by atoms with Crippen molar-refractivity contribution in [1.82, 2.24) is 4.90 Å². The number of hydrogen-bond acceptors (Lipinski definition) is 4. The normalized spacial score (nSPS) is 10.8. The smallest absolute Gasteiger partial charge is 0.238 e. The molecule has 0 bridgehead atoms. The number of likely N-dealkylation sites (N-methyl/N-ethyl adjacent to an activating group) is 1. The van der Waals surface area contributed by atoms with Gasteiger partial charge in [0.2, 0.25) is 11.8 Å². The predicted octanol–water partition coefficient (Wildman–Crippen LogP) is 3.64. The van der Waals surface area contributed by atoms with E-state index < -0.39 is 0 Å². The molecule has 0 aromatic heterocycles. The van der Waals surface area contributed by atoms with E-state index in [2.05, 4.69) is 24.5 Å². The maximum atomic E-state index is 12.5. The van der Waals surface area contributed by atoms with Gasteiger partial charge in [-0.3, -0.25) is 14.5 Å². The second-order valence-electron chi connectivity index (χ2n) is 7.19. The van der Waals surface area contributed by atoms with Gasteiger partial charge in [-0.25, -0.2) is 0 Å². The first-order valence-corrected chi connectivity index (χ1v) is 9.32. The van der Waals surface area contributed by atoms with Crippen molar-refractivity contribution in [2.75, 3.05) is 37.9 Å². The lowest BCUT2D eigenvalue weighted by Crippen LogP contribution is -2.36. The summed E-state index contributed by atoms with van der Waals surface area (Å²) in [5.41, 5.74) is 3.64. The summed E-state index contributed by atoms with van der Waals surface area (Å²) in [7, 11) is 3.32. The Hall–Kier alpha value is -2.86. The zero-order valence-corrected chi connectivity index (χ0v) is 17.2. The summed E-state index contributed by atoms with van der Waals surface area (Å²) in [6.07, 6.45) is 0. The summed E-state index contributed by atoms with van der Waals surface area (Å²) in [4.78, 5) is 26.4. The fourth-order valence-electron chi connectivity index (χ4n) is 2.97. The van der Waals surface area contributed by atoms with E-state index in [4.69, 9.17) is 4.74 Å². The first-order chi connectivity index (χ1) is 13.3. The van der Waals surface area contributed by atoms with E-state index >= 15 is 0 Å². The SMILES string of the molecule is COc1cccc(NC(=O)CN(C)CC(=O)Nc2c(C)cccc2C(C)C)c1. The molecule has 2 aromatic carbocycles. The molecule has 150 valence electrons. The Balaban J connectivity index is 1.91. The molecule has 0 aliphatic heterocycles. The van der Waals surface area contributed by atoms with Gasteiger partial charge in [0.1, 0.15) is 5.75 Å². The summed E-state index contributed by atoms with van der Waals surface area (Å²) in [5, 5.41) is 5.81. The van der Waals surface area contributed by atoms with Crippen molar-refractivity contribution >= 4 is 23.2 Å². The minimum Gasteiger partial charge on any atom is -0.497 e. The number of rotatable bonds is 8. The summed E-state index contributed by atoms with van der Waals surface area (Å²) >= 11 is 0. The molecule has 0 saturated carbocycles. The first-order valence-electron chi connectivity index (χ1n) is 9.32. The second kappa shape index (κ2) is 9.90. The lowest BCUT2D eigenvalue weighted by Gasteiger charge is -2.19. The average molecular weight is 383 g/mol. The van der Waals surface area contributed by atoms with Gasteiger partial charge in [0.15, 0.2) is 0 Å². The maximum Gasteiger partial charge on any atom is 0.238 e. The Bertz CT molecular complexity index is 834. The van der Waals surface area contributed by atoms with E-state index in [1.54, 1.807) is 37.3 Å². The highest BCUT2D eigenvalue weighted by Crippen LogP contribution is 2.27. The zero-order chi connectivity index (χ0) is 20.7. The minimum atomic E-state index is -0.192. The predicted molar refractivity (Wildman–Crippen MR) is 113 cm³/mol. The van der Waals surface area contributed by atoms with Gasteiger partial charge in [-0.1, -0.05) is 38.1 Å². The molecule has 28 heavy (non-hydrogen) atoms. The molecule has 2 aromatic rings. The van der Waals surface area contributed by atoms with Gasteiger partial charge < -0.3 is 15.4 Å². The molecule has 0 radical (unpaired) electrons. The number of ether oxygens (including phenoxy) is 1. The van der Waals surface area contributed by atoms with Crippen LogP contribution in [-0.4, -0.2) is 44.0 Å². The highest BCUT2D eigenvalue weighted by atomic mass is 16.5. The van der Waals surface area contributed by atoms with Crippen molar-refractivity contribution < 1.29 is 14.3 Å². The van der Waals surface area contributed by atoms with Gasteiger partial charge in [0.25, 0.3) is 0 Å². The Morgan fingerprint density at radius 1 is 1.04 bits per heavy atom. The number of hydrogen-bond donors (Lipinski definition) is 2. The van der Waals surface area contributed by atoms with Crippen LogP contribution < -0.4 is 15.4 Å². The fourth-order valence-corrected chi connectivity index (χ4v) is 2.97. The molecule has 2 rings (SSSR count). The number of anilines is 2. The number of nitrogens with one attached hydrogen (secondary N) is 2. The monoisotopic (exact) mass is 383 g/mol. The van der Waals surface area contributed by atoms with E-state index in [1.165, 1.54) is 0 Å². The molecule has 0 aliphatic carbocycles. The van der Waals surface area contributed by atoms with Crippen LogP contribution in [0.2, 0.25) is 0 Å². The molecule has 0 spiro atoms. The van der Waals surface area contributed by atoms with Gasteiger partial charge in [-0.2, -0.15) is 0 Å². The van der Waals surface area contributed by atoms with Crippen LogP contribution in [0.4, 0.5) is 11.4 Å². The molecule has 6 nitrogen and oxygen atoms in total. The summed E-state index contributed by atoms with van der Waals surface area (Å²) < 4.78 is 5.15. The number of amides is 2. The minimum absolute atomic E-state index is 0.107. The van der Waals surface area contributed by atoms with Crippen LogP contribution in [0.15, 0.2) is 42.5 Å². The highest BCUT2D eigenvalue weighted by molar-refractivity contribution is 5.95. The maximum absolute atomic E-state index is 12.5. The third kappa shape index (κ3) is 6.09. The lowest BCUT2D eigenvalue weighted by atomic mass is 9.98. The van der Waals surface area contributed by atoms with Crippen molar-refractivity contribution in [1.29, 1.82) is 0 Å². The number of carbonyl (C=O) groups is 2. The zero-order valence-electron chi connectivity index (χ0n) is 17.2. The standard InChI is InChI=1S/C22H29N3O3/c1-15(2)19-11-6-8-16(3)22(19)24-21(27)14-25(4)13-20(26)23-17-9-7-10-18(12-17)28-5/h6-12,15H,13-14H2,1-5H3,(H,23,26)(H,24,27). The highest BCUT2D eigenvalue weighted by Gasteiger charge is 2.15. The third-order valence-corrected chi connectivity index (χ3v) is 4.37. The van der Waals surface area contributed by atoms with Crippen LogP contribution in [0.5, 0.6) is 5.75 Å². The molecule has 0 saturated heterocycles. The van der Waals surface area contributed by atoms with Crippen LogP contribution in [-0.2, 0) is 9.59 Å². The van der Waals surface area contributed by atoms with Gasteiger partial charge in [0.05, 0.1) is 20.2 Å². The van der Waals surface area contributed by atoms with Crippen molar-refractivity contribution in [3.63, 3.8) is 0 Å². The number of benzene rings is 2. The van der Waals surface area contributed by atoms with Crippen LogP contribution in [0.3, 0.4) is 0 Å². The summed E-state index contributed by atoms with van der Waals surface area (Å²) in [6.45, 7) is 6.40. The van der Waals surface area contributed by atoms with Crippen LogP contribution in [0.1, 0.15) is 30.9 Å². The third-order valence-electron chi connectivity index (χ3n) is 4.37. The van der Waals surface area contributed by atoms with Gasteiger partial charge in [-0.05, 0) is 43.1 Å². The number of aryl methyl sites for hydroxylation is 1. The molecule has 2 N–H and O–H groups in total. The molecule has 0 fully saturated rings. The lowest BCUT2D eigenvalue weighted by molar-refractivity contribution is -0.119. The summed E-state index contributed by atoms with van der Waals surface area (Å²) in [6, 6.07) is 13.2. The molecule has 0 atom stereocenters. The molecule has 0 aliphatic rings.